The van der Waals surface area contributed by atoms with Gasteiger partial charge in [-0.2, -0.15) is 13.2 Å². The normalized spacial score (nSPS) is 16.8. The zero-order valence-electron chi connectivity index (χ0n) is 15.8. The molecule has 0 saturated carbocycles. The van der Waals surface area contributed by atoms with Gasteiger partial charge in [0.25, 0.3) is 5.91 Å². The van der Waals surface area contributed by atoms with E-state index in [1.54, 1.807) is 30.3 Å². The summed E-state index contributed by atoms with van der Waals surface area (Å²) in [7, 11) is 0. The molecule has 1 N–H and O–H groups in total. The smallest absolute Gasteiger partial charge is 0.416 e. The summed E-state index contributed by atoms with van der Waals surface area (Å²) < 4.78 is 44.3. The second kappa shape index (κ2) is 8.55. The Morgan fingerprint density at radius 1 is 1.07 bits per heavy atom. The Balaban J connectivity index is 1.67. The number of carbonyl (C=O) groups excluding carboxylic acids is 2. The van der Waals surface area contributed by atoms with Gasteiger partial charge in [0, 0.05) is 6.54 Å². The topological polar surface area (TPSA) is 58.6 Å². The molecule has 1 atom stereocenters. The number of hydrogen-bond donors (Lipinski definition) is 1. The lowest BCUT2D eigenvalue weighted by Crippen LogP contribution is -2.40. The molecule has 154 valence electrons. The fourth-order valence-corrected chi connectivity index (χ4v) is 3.09. The molecule has 1 aliphatic heterocycles. The highest BCUT2D eigenvalue weighted by atomic mass is 19.4. The average molecular weight is 406 g/mol. The molecule has 0 bridgehead atoms. The van der Waals surface area contributed by atoms with Crippen molar-refractivity contribution >= 4 is 11.9 Å². The van der Waals surface area contributed by atoms with Crippen molar-refractivity contribution < 1.29 is 27.5 Å². The number of amides is 3. The number of urea groups is 1. The largest absolute Gasteiger partial charge is 0.491 e. The number of carbonyl (C=O) groups is 2. The Bertz CT molecular complexity index is 881. The van der Waals surface area contributed by atoms with Crippen LogP contribution < -0.4 is 10.1 Å². The summed E-state index contributed by atoms with van der Waals surface area (Å²) in [6, 6.07) is 10.5. The third-order valence-electron chi connectivity index (χ3n) is 4.71. The molecule has 2 aromatic carbocycles. The fraction of sp³-hybridized carbons (Fsp3) is 0.333. The number of hydrogen-bond acceptors (Lipinski definition) is 3. The molecule has 0 radical (unpaired) electrons. The predicted octanol–water partition coefficient (Wildman–Crippen LogP) is 4.47. The molecule has 3 amide bonds. The number of nitrogens with one attached hydrogen (secondary N) is 1. The summed E-state index contributed by atoms with van der Waals surface area (Å²) in [5.41, 5.74) is 0.346. The van der Waals surface area contributed by atoms with Gasteiger partial charge >= 0.3 is 12.2 Å². The van der Waals surface area contributed by atoms with Gasteiger partial charge in [-0.25, -0.2) is 4.79 Å². The minimum Gasteiger partial charge on any atom is -0.491 e. The van der Waals surface area contributed by atoms with Crippen molar-refractivity contribution in [2.24, 2.45) is 0 Å². The van der Waals surface area contributed by atoms with E-state index in [-0.39, 0.29) is 6.61 Å². The van der Waals surface area contributed by atoms with E-state index in [1.807, 2.05) is 6.92 Å². The van der Waals surface area contributed by atoms with Crippen molar-refractivity contribution in [2.75, 3.05) is 13.2 Å². The first-order valence-corrected chi connectivity index (χ1v) is 9.31. The molecule has 0 aliphatic carbocycles. The van der Waals surface area contributed by atoms with Crippen molar-refractivity contribution in [1.82, 2.24) is 10.2 Å². The molecule has 0 spiro atoms. The highest BCUT2D eigenvalue weighted by molar-refractivity contribution is 6.04. The maximum absolute atomic E-state index is 12.9. The van der Waals surface area contributed by atoms with Crippen LogP contribution in [0.3, 0.4) is 0 Å². The first kappa shape index (κ1) is 20.7. The summed E-state index contributed by atoms with van der Waals surface area (Å²) in [6.45, 7) is 2.47. The number of ether oxygens (including phenoxy) is 1. The molecule has 1 fully saturated rings. The van der Waals surface area contributed by atoms with Gasteiger partial charge < -0.3 is 9.64 Å². The molecule has 0 aromatic heterocycles. The Morgan fingerprint density at radius 2 is 1.79 bits per heavy atom. The van der Waals surface area contributed by atoms with Gasteiger partial charge in [0.1, 0.15) is 18.4 Å². The number of nitrogens with zero attached hydrogens (tertiary/aromatic N) is 1. The molecule has 3 rings (SSSR count). The number of imide groups is 1. The number of benzene rings is 2. The quantitative estimate of drug-likeness (QED) is 0.690. The molecule has 1 heterocycles. The molecule has 29 heavy (non-hydrogen) atoms. The summed E-state index contributed by atoms with van der Waals surface area (Å²) in [4.78, 5) is 25.3. The molecular weight excluding hydrogens is 385 g/mol. The third-order valence-corrected chi connectivity index (χ3v) is 4.71. The zero-order valence-corrected chi connectivity index (χ0v) is 15.8. The second-order valence-corrected chi connectivity index (χ2v) is 6.77. The first-order chi connectivity index (χ1) is 13.8. The molecule has 1 aliphatic rings. The van der Waals surface area contributed by atoms with Crippen LogP contribution in [0.5, 0.6) is 5.75 Å². The number of unbranched alkanes of at least 4 members (excludes halogenated alkanes) is 1. The van der Waals surface area contributed by atoms with Gasteiger partial charge in [-0.05, 0) is 41.8 Å². The molecule has 8 heteroatoms. The van der Waals surface area contributed by atoms with Gasteiger partial charge in [-0.3, -0.25) is 10.1 Å². The number of alkyl halides is 3. The van der Waals surface area contributed by atoms with Crippen molar-refractivity contribution in [2.45, 2.75) is 32.0 Å². The Labute approximate surface area is 166 Å². The minimum absolute atomic E-state index is 0.00416. The Kier molecular flexibility index (Phi) is 6.10. The van der Waals surface area contributed by atoms with Crippen LogP contribution in [0, 0.1) is 0 Å². The van der Waals surface area contributed by atoms with Crippen LogP contribution >= 0.6 is 0 Å². The van der Waals surface area contributed by atoms with E-state index in [2.05, 4.69) is 5.32 Å². The molecular formula is C21H21F3N2O3. The second-order valence-electron chi connectivity index (χ2n) is 6.77. The van der Waals surface area contributed by atoms with Crippen molar-refractivity contribution in [3.8, 4) is 16.9 Å². The van der Waals surface area contributed by atoms with E-state index in [9.17, 15) is 22.8 Å². The van der Waals surface area contributed by atoms with Gasteiger partial charge in [0.15, 0.2) is 0 Å². The Hall–Kier alpha value is -3.03. The van der Waals surface area contributed by atoms with Crippen LogP contribution in [0.25, 0.3) is 11.1 Å². The van der Waals surface area contributed by atoms with Crippen molar-refractivity contribution in [3.63, 3.8) is 0 Å². The number of halogens is 3. The summed E-state index contributed by atoms with van der Waals surface area (Å²) >= 11 is 0. The van der Waals surface area contributed by atoms with Crippen LogP contribution in [0.4, 0.5) is 18.0 Å². The van der Waals surface area contributed by atoms with E-state index in [0.717, 1.165) is 25.0 Å². The third kappa shape index (κ3) is 4.88. The van der Waals surface area contributed by atoms with E-state index in [1.165, 1.54) is 11.0 Å². The van der Waals surface area contributed by atoms with Crippen LogP contribution in [-0.2, 0) is 11.0 Å². The molecule has 2 aromatic rings. The lowest BCUT2D eigenvalue weighted by Gasteiger charge is -2.21. The van der Waals surface area contributed by atoms with Crippen LogP contribution in [0.15, 0.2) is 48.5 Å². The number of rotatable bonds is 7. The maximum Gasteiger partial charge on any atom is 0.416 e. The zero-order chi connectivity index (χ0) is 21.0. The first-order valence-electron chi connectivity index (χ1n) is 9.31. The molecule has 1 saturated heterocycles. The van der Waals surface area contributed by atoms with E-state index in [4.69, 9.17) is 4.74 Å². The van der Waals surface area contributed by atoms with Crippen molar-refractivity contribution in [1.29, 1.82) is 0 Å². The van der Waals surface area contributed by atoms with Crippen LogP contribution in [-0.4, -0.2) is 36.0 Å². The van der Waals surface area contributed by atoms with Gasteiger partial charge in [-0.1, -0.05) is 37.6 Å². The lowest BCUT2D eigenvalue weighted by molar-refractivity contribution is -0.137. The lowest BCUT2D eigenvalue weighted by atomic mass is 10.0. The molecule has 1 unspecified atom stereocenters. The van der Waals surface area contributed by atoms with E-state index < -0.39 is 29.7 Å². The standard InChI is InChI=1S/C21H21F3N2O3/c1-2-3-11-26-18(19(27)25-20(26)28)13-29-17-9-7-14(8-10-17)15-5-4-6-16(12-15)21(22,23)24/h4-10,12,18H,2-3,11,13H2,1H3,(H,25,27,28). The molecule has 5 nitrogen and oxygen atoms in total. The summed E-state index contributed by atoms with van der Waals surface area (Å²) in [6.07, 6.45) is -2.73. The fourth-order valence-electron chi connectivity index (χ4n) is 3.09. The van der Waals surface area contributed by atoms with Gasteiger partial charge in [-0.15, -0.1) is 0 Å². The van der Waals surface area contributed by atoms with E-state index >= 15 is 0 Å². The highest BCUT2D eigenvalue weighted by Gasteiger charge is 2.38. The summed E-state index contributed by atoms with van der Waals surface area (Å²) in [5, 5.41) is 2.29. The Morgan fingerprint density at radius 3 is 2.45 bits per heavy atom. The van der Waals surface area contributed by atoms with E-state index in [0.29, 0.717) is 23.4 Å². The maximum atomic E-state index is 12.9. The van der Waals surface area contributed by atoms with Gasteiger partial charge in [0.05, 0.1) is 5.56 Å². The SMILES string of the molecule is CCCCN1C(=O)NC(=O)C1COc1ccc(-c2cccc(C(F)(F)F)c2)cc1. The highest BCUT2D eigenvalue weighted by Crippen LogP contribution is 2.32. The van der Waals surface area contributed by atoms with Crippen LogP contribution in [0.1, 0.15) is 25.3 Å². The van der Waals surface area contributed by atoms with Crippen molar-refractivity contribution in [3.05, 3.63) is 54.1 Å². The van der Waals surface area contributed by atoms with Gasteiger partial charge in [0.2, 0.25) is 0 Å². The van der Waals surface area contributed by atoms with Crippen LogP contribution in [0.2, 0.25) is 0 Å². The summed E-state index contributed by atoms with van der Waals surface area (Å²) in [5.74, 6) is 0.0648. The minimum atomic E-state index is -4.40. The average Bonchev–Trinajstić information content (AvgIpc) is 2.97. The predicted molar refractivity (Wildman–Crippen MR) is 101 cm³/mol. The monoisotopic (exact) mass is 406 g/mol.